The van der Waals surface area contributed by atoms with E-state index in [2.05, 4.69) is 20.8 Å². The van der Waals surface area contributed by atoms with Crippen LogP contribution in [-0.2, 0) is 11.8 Å². The molecular weight excluding hydrogens is 278 g/mol. The van der Waals surface area contributed by atoms with E-state index < -0.39 is 17.7 Å². The Morgan fingerprint density at radius 3 is 2.40 bits per heavy atom. The molecule has 0 aliphatic heterocycles. The molecule has 0 radical (unpaired) electrons. The molecule has 0 saturated carbocycles. The first-order valence-corrected chi connectivity index (χ1v) is 7.31. The highest BCUT2D eigenvalue weighted by molar-refractivity contribution is 7.12. The second-order valence-corrected chi connectivity index (χ2v) is 7.02. The summed E-state index contributed by atoms with van der Waals surface area (Å²) >= 11 is 1.53. The molecule has 1 aromatic heterocycles. The minimum atomic E-state index is -0.768. The largest absolute Gasteiger partial charge is 0.387 e. The van der Waals surface area contributed by atoms with E-state index in [1.807, 2.05) is 12.1 Å². The number of hydrogen-bond acceptors (Lipinski definition) is 2. The molecule has 0 amide bonds. The molecule has 4 heteroatoms. The van der Waals surface area contributed by atoms with Crippen molar-refractivity contribution < 1.29 is 13.9 Å². The van der Waals surface area contributed by atoms with Crippen LogP contribution in [0.25, 0.3) is 0 Å². The average Bonchev–Trinajstić information content (AvgIpc) is 2.82. The van der Waals surface area contributed by atoms with Crippen molar-refractivity contribution in [1.82, 2.24) is 0 Å². The third kappa shape index (κ3) is 3.44. The molecule has 0 aliphatic rings. The lowest BCUT2D eigenvalue weighted by atomic mass is 9.95. The Morgan fingerprint density at radius 2 is 1.85 bits per heavy atom. The van der Waals surface area contributed by atoms with Gasteiger partial charge in [-0.15, -0.1) is 11.3 Å². The van der Waals surface area contributed by atoms with Crippen molar-refractivity contribution in [3.63, 3.8) is 0 Å². The van der Waals surface area contributed by atoms with Gasteiger partial charge in [0.1, 0.15) is 11.6 Å². The third-order valence-corrected chi connectivity index (χ3v) is 4.74. The van der Waals surface area contributed by atoms with Crippen molar-refractivity contribution in [1.29, 1.82) is 0 Å². The maximum absolute atomic E-state index is 13.6. The molecule has 0 bridgehead atoms. The van der Waals surface area contributed by atoms with Crippen LogP contribution >= 0.6 is 11.3 Å². The molecule has 1 aromatic carbocycles. The van der Waals surface area contributed by atoms with E-state index in [1.165, 1.54) is 28.3 Å². The van der Waals surface area contributed by atoms with Crippen LogP contribution in [0.4, 0.5) is 8.78 Å². The van der Waals surface area contributed by atoms with Crippen LogP contribution in [0.5, 0.6) is 0 Å². The van der Waals surface area contributed by atoms with E-state index in [0.29, 0.717) is 5.56 Å². The zero-order chi connectivity index (χ0) is 14.9. The molecule has 2 rings (SSSR count). The van der Waals surface area contributed by atoms with Gasteiger partial charge in [0.15, 0.2) is 0 Å². The maximum Gasteiger partial charge on any atom is 0.129 e. The van der Waals surface area contributed by atoms with Gasteiger partial charge in [0.05, 0.1) is 6.10 Å². The predicted octanol–water partition coefficient (Wildman–Crippen LogP) is 4.60. The van der Waals surface area contributed by atoms with E-state index in [4.69, 9.17) is 0 Å². The van der Waals surface area contributed by atoms with Crippen LogP contribution in [0.1, 0.15) is 42.2 Å². The minimum Gasteiger partial charge on any atom is -0.387 e. The summed E-state index contributed by atoms with van der Waals surface area (Å²) in [5.74, 6) is -1.22. The first-order chi connectivity index (χ1) is 9.27. The fourth-order valence-electron chi connectivity index (χ4n) is 1.93. The van der Waals surface area contributed by atoms with E-state index >= 15 is 0 Å². The number of thiophene rings is 1. The molecule has 0 saturated heterocycles. The Hall–Kier alpha value is -1.26. The van der Waals surface area contributed by atoms with Gasteiger partial charge in [-0.2, -0.15) is 0 Å². The zero-order valence-electron chi connectivity index (χ0n) is 11.8. The molecule has 1 unspecified atom stereocenters. The number of rotatable bonds is 3. The van der Waals surface area contributed by atoms with Crippen LogP contribution in [0, 0.1) is 11.6 Å². The van der Waals surface area contributed by atoms with E-state index in [9.17, 15) is 13.9 Å². The number of benzene rings is 1. The summed E-state index contributed by atoms with van der Waals surface area (Å²) in [7, 11) is 0. The number of aliphatic hydroxyl groups is 1. The molecule has 1 N–H and O–H groups in total. The molecular formula is C16H18F2OS. The van der Waals surface area contributed by atoms with Crippen molar-refractivity contribution in [3.05, 3.63) is 57.3 Å². The number of halogens is 2. The lowest BCUT2D eigenvalue weighted by Gasteiger charge is -2.15. The summed E-state index contributed by atoms with van der Waals surface area (Å²) in [6.45, 7) is 6.32. The Bertz CT molecular complexity index is 599. The monoisotopic (exact) mass is 296 g/mol. The summed E-state index contributed by atoms with van der Waals surface area (Å²) in [6.07, 6.45) is -0.619. The third-order valence-electron chi connectivity index (χ3n) is 3.12. The van der Waals surface area contributed by atoms with Crippen LogP contribution in [0.2, 0.25) is 0 Å². The molecule has 1 atom stereocenters. The highest BCUT2D eigenvalue weighted by Gasteiger charge is 2.19. The molecule has 1 nitrogen and oxygen atoms in total. The lowest BCUT2D eigenvalue weighted by Crippen LogP contribution is -2.08. The van der Waals surface area contributed by atoms with Gasteiger partial charge in [-0.1, -0.05) is 26.8 Å². The average molecular weight is 296 g/mol. The van der Waals surface area contributed by atoms with Crippen LogP contribution in [-0.4, -0.2) is 5.11 Å². The highest BCUT2D eigenvalue weighted by atomic mass is 32.1. The summed E-state index contributed by atoms with van der Waals surface area (Å²) in [5.41, 5.74) is 0.355. The standard InChI is InChI=1S/C16H18F2OS/c1-16(2,3)15-7-6-14(20-15)13(19)8-10-4-5-11(17)9-12(10)18/h4-7,9,13,19H,8H2,1-3H3. The molecule has 108 valence electrons. The quantitative estimate of drug-likeness (QED) is 0.877. The Kier molecular flexibility index (Phi) is 4.25. The normalized spacial score (nSPS) is 13.5. The summed E-state index contributed by atoms with van der Waals surface area (Å²) in [4.78, 5) is 1.98. The van der Waals surface area contributed by atoms with Crippen LogP contribution in [0.15, 0.2) is 30.3 Å². The Balaban J connectivity index is 2.16. The van der Waals surface area contributed by atoms with Crippen molar-refractivity contribution in [3.8, 4) is 0 Å². The zero-order valence-corrected chi connectivity index (χ0v) is 12.6. The molecule has 0 fully saturated rings. The van der Waals surface area contributed by atoms with E-state index in [-0.39, 0.29) is 11.8 Å². The molecule has 1 heterocycles. The molecule has 0 aliphatic carbocycles. The second-order valence-electron chi connectivity index (χ2n) is 5.91. The smallest absolute Gasteiger partial charge is 0.129 e. The van der Waals surface area contributed by atoms with Gasteiger partial charge in [0.2, 0.25) is 0 Å². The van der Waals surface area contributed by atoms with Gasteiger partial charge in [0.25, 0.3) is 0 Å². The summed E-state index contributed by atoms with van der Waals surface area (Å²) in [5, 5.41) is 10.2. The summed E-state index contributed by atoms with van der Waals surface area (Å²) < 4.78 is 26.4. The molecule has 20 heavy (non-hydrogen) atoms. The second kappa shape index (κ2) is 5.62. The van der Waals surface area contributed by atoms with Crippen molar-refractivity contribution >= 4 is 11.3 Å². The minimum absolute atomic E-state index is 0.0315. The molecule has 2 aromatic rings. The van der Waals surface area contributed by atoms with Gasteiger partial charge in [0, 0.05) is 22.2 Å². The van der Waals surface area contributed by atoms with Gasteiger partial charge in [-0.3, -0.25) is 0 Å². The van der Waals surface area contributed by atoms with Crippen LogP contribution in [0.3, 0.4) is 0 Å². The van der Waals surface area contributed by atoms with Gasteiger partial charge < -0.3 is 5.11 Å². The van der Waals surface area contributed by atoms with Gasteiger partial charge in [-0.05, 0) is 29.2 Å². The Morgan fingerprint density at radius 1 is 1.15 bits per heavy atom. The predicted molar refractivity (Wildman–Crippen MR) is 78.0 cm³/mol. The first kappa shape index (κ1) is 15.1. The van der Waals surface area contributed by atoms with Crippen molar-refractivity contribution in [2.75, 3.05) is 0 Å². The maximum atomic E-state index is 13.6. The van der Waals surface area contributed by atoms with Gasteiger partial charge >= 0.3 is 0 Å². The van der Waals surface area contributed by atoms with Crippen molar-refractivity contribution in [2.24, 2.45) is 0 Å². The topological polar surface area (TPSA) is 20.2 Å². The van der Waals surface area contributed by atoms with Crippen LogP contribution < -0.4 is 0 Å². The van der Waals surface area contributed by atoms with Gasteiger partial charge in [-0.25, -0.2) is 8.78 Å². The fourth-order valence-corrected chi connectivity index (χ4v) is 2.98. The Labute approximate surface area is 121 Å². The van der Waals surface area contributed by atoms with E-state index in [1.54, 1.807) is 0 Å². The van der Waals surface area contributed by atoms with Crippen molar-refractivity contribution in [2.45, 2.75) is 38.7 Å². The van der Waals surface area contributed by atoms with E-state index in [0.717, 1.165) is 10.9 Å². The number of aliphatic hydroxyl groups excluding tert-OH is 1. The fraction of sp³-hybridized carbons (Fsp3) is 0.375. The lowest BCUT2D eigenvalue weighted by molar-refractivity contribution is 0.181. The number of hydrogen-bond donors (Lipinski definition) is 1. The molecule has 0 spiro atoms. The summed E-state index contributed by atoms with van der Waals surface area (Å²) in [6, 6.07) is 7.30. The SMILES string of the molecule is CC(C)(C)c1ccc(C(O)Cc2ccc(F)cc2F)s1. The first-order valence-electron chi connectivity index (χ1n) is 6.49. The highest BCUT2D eigenvalue weighted by Crippen LogP contribution is 2.33.